The minimum absolute atomic E-state index is 0.247. The molecule has 0 fully saturated rings. The van der Waals surface area contributed by atoms with Crippen LogP contribution in [0.2, 0.25) is 0 Å². The average Bonchev–Trinajstić information content (AvgIpc) is 2.53. The van der Waals surface area contributed by atoms with Crippen molar-refractivity contribution >= 4 is 10.8 Å². The van der Waals surface area contributed by atoms with Gasteiger partial charge >= 0.3 is 0 Å². The number of aliphatic hydroxyl groups excluding tert-OH is 1. The molecule has 1 atom stereocenters. The minimum Gasteiger partial charge on any atom is -0.491 e. The zero-order chi connectivity index (χ0) is 14.7. The van der Waals surface area contributed by atoms with Crippen molar-refractivity contribution in [1.29, 1.82) is 0 Å². The van der Waals surface area contributed by atoms with Crippen molar-refractivity contribution in [2.24, 2.45) is 0 Å². The van der Waals surface area contributed by atoms with Crippen LogP contribution in [0, 0.1) is 6.92 Å². The van der Waals surface area contributed by atoms with Gasteiger partial charge in [-0.15, -0.1) is 0 Å². The van der Waals surface area contributed by atoms with Gasteiger partial charge in [-0.3, -0.25) is 0 Å². The molecule has 0 bridgehead atoms. The van der Waals surface area contributed by atoms with Crippen LogP contribution < -0.4 is 4.74 Å². The van der Waals surface area contributed by atoms with Gasteiger partial charge in [0, 0.05) is 0 Å². The monoisotopic (exact) mass is 278 g/mol. The van der Waals surface area contributed by atoms with E-state index in [0.29, 0.717) is 0 Å². The van der Waals surface area contributed by atoms with Crippen molar-refractivity contribution in [3.8, 4) is 5.75 Å². The Morgan fingerprint density at radius 3 is 2.43 bits per heavy atom. The molecule has 0 aliphatic heterocycles. The van der Waals surface area contributed by atoms with E-state index in [4.69, 9.17) is 4.74 Å². The minimum atomic E-state index is -0.641. The van der Waals surface area contributed by atoms with E-state index in [9.17, 15) is 5.11 Å². The maximum Gasteiger partial charge on any atom is 0.119 e. The first-order valence-corrected chi connectivity index (χ1v) is 7.09. The van der Waals surface area contributed by atoms with Crippen LogP contribution in [-0.4, -0.2) is 11.7 Å². The van der Waals surface area contributed by atoms with E-state index in [0.717, 1.165) is 22.1 Å². The molecule has 3 aromatic carbocycles. The number of ether oxygens (including phenoxy) is 1. The highest BCUT2D eigenvalue weighted by Gasteiger charge is 2.11. The first-order chi connectivity index (χ1) is 10.2. The van der Waals surface area contributed by atoms with Crippen molar-refractivity contribution in [1.82, 2.24) is 0 Å². The van der Waals surface area contributed by atoms with Crippen LogP contribution in [-0.2, 0) is 0 Å². The molecule has 3 rings (SSSR count). The fourth-order valence-electron chi connectivity index (χ4n) is 2.44. The SMILES string of the molecule is Cc1ccc(OCC(O)c2cccc3ccccc23)cc1. The van der Waals surface area contributed by atoms with Crippen molar-refractivity contribution in [2.45, 2.75) is 13.0 Å². The third-order valence-electron chi connectivity index (χ3n) is 3.61. The molecular formula is C19H18O2. The Kier molecular flexibility index (Phi) is 3.89. The summed E-state index contributed by atoms with van der Waals surface area (Å²) in [6.07, 6.45) is -0.641. The van der Waals surface area contributed by atoms with E-state index in [2.05, 4.69) is 0 Å². The van der Waals surface area contributed by atoms with Crippen LogP contribution in [0.1, 0.15) is 17.2 Å². The molecule has 1 unspecified atom stereocenters. The van der Waals surface area contributed by atoms with Gasteiger partial charge in [0.15, 0.2) is 0 Å². The zero-order valence-electron chi connectivity index (χ0n) is 12.0. The van der Waals surface area contributed by atoms with Crippen LogP contribution >= 0.6 is 0 Å². The highest BCUT2D eigenvalue weighted by molar-refractivity contribution is 5.85. The Balaban J connectivity index is 1.78. The van der Waals surface area contributed by atoms with Crippen molar-refractivity contribution in [3.05, 3.63) is 77.9 Å². The molecule has 0 aromatic heterocycles. The Labute approximate surface area is 124 Å². The maximum absolute atomic E-state index is 10.4. The third kappa shape index (κ3) is 3.06. The smallest absolute Gasteiger partial charge is 0.119 e. The van der Waals surface area contributed by atoms with Gasteiger partial charge < -0.3 is 9.84 Å². The molecule has 0 aliphatic carbocycles. The van der Waals surface area contributed by atoms with Crippen LogP contribution in [0.4, 0.5) is 0 Å². The lowest BCUT2D eigenvalue weighted by atomic mass is 10.0. The first kappa shape index (κ1) is 13.7. The second kappa shape index (κ2) is 5.98. The van der Waals surface area contributed by atoms with Gasteiger partial charge in [-0.1, -0.05) is 60.2 Å². The predicted octanol–water partition coefficient (Wildman–Crippen LogP) is 4.26. The van der Waals surface area contributed by atoms with Crippen molar-refractivity contribution < 1.29 is 9.84 Å². The van der Waals surface area contributed by atoms with E-state index in [-0.39, 0.29) is 6.61 Å². The Morgan fingerprint density at radius 1 is 0.905 bits per heavy atom. The predicted molar refractivity (Wildman–Crippen MR) is 85.6 cm³/mol. The van der Waals surface area contributed by atoms with Gasteiger partial charge in [-0.05, 0) is 35.4 Å². The summed E-state index contributed by atoms with van der Waals surface area (Å²) in [6.45, 7) is 2.28. The van der Waals surface area contributed by atoms with Crippen LogP contribution in [0.5, 0.6) is 5.75 Å². The van der Waals surface area contributed by atoms with E-state index >= 15 is 0 Å². The summed E-state index contributed by atoms with van der Waals surface area (Å²) in [7, 11) is 0. The molecule has 0 aliphatic rings. The molecule has 0 amide bonds. The molecule has 106 valence electrons. The van der Waals surface area contributed by atoms with Gasteiger partial charge in [0.05, 0.1) is 0 Å². The second-order valence-electron chi connectivity index (χ2n) is 5.21. The van der Waals surface area contributed by atoms with Gasteiger partial charge in [-0.25, -0.2) is 0 Å². The lowest BCUT2D eigenvalue weighted by Crippen LogP contribution is -2.10. The molecule has 21 heavy (non-hydrogen) atoms. The fraction of sp³-hybridized carbons (Fsp3) is 0.158. The van der Waals surface area contributed by atoms with Crippen LogP contribution in [0.15, 0.2) is 66.7 Å². The van der Waals surface area contributed by atoms with Crippen LogP contribution in [0.3, 0.4) is 0 Å². The number of fused-ring (bicyclic) bond motifs is 1. The number of rotatable bonds is 4. The third-order valence-corrected chi connectivity index (χ3v) is 3.61. The summed E-state index contributed by atoms with van der Waals surface area (Å²) in [5, 5.41) is 12.6. The molecule has 0 radical (unpaired) electrons. The Bertz CT molecular complexity index is 727. The number of hydrogen-bond acceptors (Lipinski definition) is 2. The molecule has 0 saturated carbocycles. The van der Waals surface area contributed by atoms with E-state index in [1.54, 1.807) is 0 Å². The average molecular weight is 278 g/mol. The molecule has 1 N–H and O–H groups in total. The highest BCUT2D eigenvalue weighted by Crippen LogP contribution is 2.25. The van der Waals surface area contributed by atoms with Gasteiger partial charge in [0.2, 0.25) is 0 Å². The Hall–Kier alpha value is -2.32. The summed E-state index contributed by atoms with van der Waals surface area (Å²) >= 11 is 0. The number of aryl methyl sites for hydroxylation is 1. The number of aliphatic hydroxyl groups is 1. The summed E-state index contributed by atoms with van der Waals surface area (Å²) in [5.74, 6) is 0.778. The standard InChI is InChI=1S/C19H18O2/c1-14-9-11-16(12-10-14)21-13-19(20)18-8-4-6-15-5-2-3-7-17(15)18/h2-12,19-20H,13H2,1H3. The highest BCUT2D eigenvalue weighted by atomic mass is 16.5. The zero-order valence-corrected chi connectivity index (χ0v) is 12.0. The fourth-order valence-corrected chi connectivity index (χ4v) is 2.44. The van der Waals surface area contributed by atoms with Gasteiger partial charge in [-0.2, -0.15) is 0 Å². The summed E-state index contributed by atoms with van der Waals surface area (Å²) < 4.78 is 5.68. The van der Waals surface area contributed by atoms with E-state index < -0.39 is 6.10 Å². The van der Waals surface area contributed by atoms with E-state index in [1.165, 1.54) is 5.56 Å². The normalized spacial score (nSPS) is 12.3. The van der Waals surface area contributed by atoms with Gasteiger partial charge in [0.1, 0.15) is 18.5 Å². The molecule has 2 nitrogen and oxygen atoms in total. The van der Waals surface area contributed by atoms with E-state index in [1.807, 2.05) is 73.7 Å². The maximum atomic E-state index is 10.4. The molecule has 0 heterocycles. The molecule has 2 heteroatoms. The van der Waals surface area contributed by atoms with Crippen molar-refractivity contribution in [3.63, 3.8) is 0 Å². The Morgan fingerprint density at radius 2 is 1.62 bits per heavy atom. The molecular weight excluding hydrogens is 260 g/mol. The van der Waals surface area contributed by atoms with Crippen molar-refractivity contribution in [2.75, 3.05) is 6.61 Å². The topological polar surface area (TPSA) is 29.5 Å². The summed E-state index contributed by atoms with van der Waals surface area (Å²) in [4.78, 5) is 0. The lowest BCUT2D eigenvalue weighted by molar-refractivity contribution is 0.109. The number of benzene rings is 3. The summed E-state index contributed by atoms with van der Waals surface area (Å²) in [5.41, 5.74) is 2.09. The van der Waals surface area contributed by atoms with Crippen LogP contribution in [0.25, 0.3) is 10.8 Å². The molecule has 0 spiro atoms. The quantitative estimate of drug-likeness (QED) is 0.772. The number of hydrogen-bond donors (Lipinski definition) is 1. The largest absolute Gasteiger partial charge is 0.491 e. The summed E-state index contributed by atoms with van der Waals surface area (Å²) in [6, 6.07) is 21.9. The second-order valence-corrected chi connectivity index (χ2v) is 5.21. The molecule has 3 aromatic rings. The lowest BCUT2D eigenvalue weighted by Gasteiger charge is -2.15. The first-order valence-electron chi connectivity index (χ1n) is 7.09. The van der Waals surface area contributed by atoms with Gasteiger partial charge in [0.25, 0.3) is 0 Å². The molecule has 0 saturated heterocycles.